The number of urea groups is 1. The van der Waals surface area contributed by atoms with Crippen LogP contribution in [0.25, 0.3) is 0 Å². The number of hydrogen-bond acceptors (Lipinski definition) is 9. The van der Waals surface area contributed by atoms with Crippen molar-refractivity contribution in [2.75, 3.05) is 31.5 Å². The first-order chi connectivity index (χ1) is 22.9. The molecule has 0 aliphatic carbocycles. The maximum Gasteiger partial charge on any atom is 0.319 e. The van der Waals surface area contributed by atoms with E-state index >= 15 is 0 Å². The highest BCUT2D eigenvalue weighted by Gasteiger charge is 2.24. The number of para-hydroxylation sites is 1. The zero-order valence-electron chi connectivity index (χ0n) is 28.1. The lowest BCUT2D eigenvalue weighted by Gasteiger charge is -2.27. The fourth-order valence-electron chi connectivity index (χ4n) is 4.39. The molecule has 270 valence electrons. The molecule has 7 amide bonds. The minimum atomic E-state index is -1.04. The summed E-state index contributed by atoms with van der Waals surface area (Å²) in [4.78, 5) is 72.4. The molecule has 0 heterocycles. The van der Waals surface area contributed by atoms with Gasteiger partial charge in [0.25, 0.3) is 0 Å². The normalized spacial score (nSPS) is 11.2. The molecule has 1 aromatic carbocycles. The number of anilines is 1. The van der Waals surface area contributed by atoms with Gasteiger partial charge in [-0.25, -0.2) is 20.0 Å². The minimum Gasteiger partial charge on any atom is -0.356 e. The molecule has 7 N–H and O–H groups in total. The number of nitrogens with zero attached hydrogens (tertiary/aromatic N) is 3. The molecule has 0 aliphatic heterocycles. The third-order valence-corrected chi connectivity index (χ3v) is 7.23. The van der Waals surface area contributed by atoms with E-state index in [9.17, 15) is 44.4 Å². The van der Waals surface area contributed by atoms with Gasteiger partial charge in [0.1, 0.15) is 6.17 Å². The summed E-state index contributed by atoms with van der Waals surface area (Å²) in [5.74, 6) is -2.81. The number of benzene rings is 1. The quantitative estimate of drug-likeness (QED) is 0.0369. The van der Waals surface area contributed by atoms with Gasteiger partial charge < -0.3 is 21.3 Å². The van der Waals surface area contributed by atoms with E-state index in [0.29, 0.717) is 78.9 Å². The van der Waals surface area contributed by atoms with Crippen LogP contribution in [0.5, 0.6) is 0 Å². The van der Waals surface area contributed by atoms with Gasteiger partial charge >= 0.3 is 6.03 Å². The number of nitrogens with one attached hydrogen (secondary N) is 4. The SMILES string of the molecule is CCCCC(NC(=O)CCC(=O)N(O)CCCCCNC(=O)Nc1ccccc1)N(O)C(=O)CCC(=O)NCCCCCN(O)C(C)=O. The van der Waals surface area contributed by atoms with Gasteiger partial charge in [-0.1, -0.05) is 31.5 Å². The molecule has 0 spiro atoms. The van der Waals surface area contributed by atoms with Gasteiger partial charge in [-0.15, -0.1) is 0 Å². The van der Waals surface area contributed by atoms with Crippen molar-refractivity contribution < 1.29 is 44.4 Å². The number of carbonyl (C=O) groups is 6. The monoisotopic (exact) mass is 679 g/mol. The van der Waals surface area contributed by atoms with Crippen molar-refractivity contribution in [1.29, 1.82) is 0 Å². The lowest BCUT2D eigenvalue weighted by Crippen LogP contribution is -2.49. The average Bonchev–Trinajstić information content (AvgIpc) is 3.07. The Bertz CT molecular complexity index is 1140. The summed E-state index contributed by atoms with van der Waals surface area (Å²) in [7, 11) is 0. The van der Waals surface area contributed by atoms with Crippen molar-refractivity contribution in [3.8, 4) is 0 Å². The molecular weight excluding hydrogens is 626 g/mol. The molecule has 1 rings (SSSR count). The Morgan fingerprint density at radius 3 is 1.90 bits per heavy atom. The van der Waals surface area contributed by atoms with Crippen LogP contribution in [0.4, 0.5) is 10.5 Å². The number of hydrogen-bond donors (Lipinski definition) is 7. The van der Waals surface area contributed by atoms with Crippen molar-refractivity contribution in [3.63, 3.8) is 0 Å². The summed E-state index contributed by atoms with van der Waals surface area (Å²) in [6.07, 6.45) is 3.17. The van der Waals surface area contributed by atoms with E-state index in [1.165, 1.54) is 6.92 Å². The van der Waals surface area contributed by atoms with Gasteiger partial charge in [0.15, 0.2) is 0 Å². The lowest BCUT2D eigenvalue weighted by molar-refractivity contribution is -0.181. The Morgan fingerprint density at radius 1 is 0.688 bits per heavy atom. The fraction of sp³-hybridized carbons (Fsp3) is 0.625. The molecule has 0 bridgehead atoms. The van der Waals surface area contributed by atoms with Crippen LogP contribution in [-0.4, -0.2) is 98.7 Å². The third kappa shape index (κ3) is 19.4. The zero-order chi connectivity index (χ0) is 35.7. The molecule has 0 aliphatic rings. The Balaban J connectivity index is 2.30. The summed E-state index contributed by atoms with van der Waals surface area (Å²) in [5.41, 5.74) is 0.680. The Morgan fingerprint density at radius 2 is 1.27 bits per heavy atom. The van der Waals surface area contributed by atoms with E-state index in [1.54, 1.807) is 12.1 Å². The van der Waals surface area contributed by atoms with Crippen LogP contribution < -0.4 is 21.3 Å². The lowest BCUT2D eigenvalue weighted by atomic mass is 10.1. The third-order valence-electron chi connectivity index (χ3n) is 7.23. The molecule has 1 unspecified atom stereocenters. The molecule has 16 nitrogen and oxygen atoms in total. The molecule has 0 fully saturated rings. The van der Waals surface area contributed by atoms with Crippen LogP contribution in [0.1, 0.15) is 97.3 Å². The summed E-state index contributed by atoms with van der Waals surface area (Å²) in [6.45, 7) is 4.21. The van der Waals surface area contributed by atoms with Gasteiger partial charge in [-0.2, -0.15) is 0 Å². The summed E-state index contributed by atoms with van der Waals surface area (Å²) in [6, 6.07) is 8.70. The van der Waals surface area contributed by atoms with Crippen LogP contribution in [-0.2, 0) is 24.0 Å². The first kappa shape index (κ1) is 41.7. The predicted molar refractivity (Wildman–Crippen MR) is 175 cm³/mol. The number of carbonyl (C=O) groups excluding carboxylic acids is 6. The maximum absolute atomic E-state index is 12.6. The molecule has 0 saturated heterocycles. The molecule has 0 saturated carbocycles. The molecule has 48 heavy (non-hydrogen) atoms. The number of unbranched alkanes of at least 4 members (excludes halogenated alkanes) is 5. The van der Waals surface area contributed by atoms with E-state index in [1.807, 2.05) is 25.1 Å². The van der Waals surface area contributed by atoms with Crippen LogP contribution in [0.2, 0.25) is 0 Å². The summed E-state index contributed by atoms with van der Waals surface area (Å²) < 4.78 is 0. The fourth-order valence-corrected chi connectivity index (χ4v) is 4.39. The molecule has 1 atom stereocenters. The topological polar surface area (TPSA) is 221 Å². The Kier molecular flexibility index (Phi) is 21.6. The van der Waals surface area contributed by atoms with Crippen LogP contribution in [0, 0.1) is 0 Å². The second-order valence-electron chi connectivity index (χ2n) is 11.3. The highest BCUT2D eigenvalue weighted by atomic mass is 16.5. The van der Waals surface area contributed by atoms with E-state index in [0.717, 1.165) is 6.42 Å². The van der Waals surface area contributed by atoms with Crippen LogP contribution >= 0.6 is 0 Å². The highest BCUT2D eigenvalue weighted by molar-refractivity contribution is 5.89. The van der Waals surface area contributed by atoms with Crippen LogP contribution in [0.3, 0.4) is 0 Å². The van der Waals surface area contributed by atoms with Crippen molar-refractivity contribution in [2.24, 2.45) is 0 Å². The van der Waals surface area contributed by atoms with E-state index in [-0.39, 0.29) is 57.1 Å². The van der Waals surface area contributed by atoms with E-state index in [4.69, 9.17) is 0 Å². The number of amides is 7. The summed E-state index contributed by atoms with van der Waals surface area (Å²) >= 11 is 0. The molecule has 0 radical (unpaired) electrons. The van der Waals surface area contributed by atoms with Crippen LogP contribution in [0.15, 0.2) is 30.3 Å². The second kappa shape index (κ2) is 24.8. The van der Waals surface area contributed by atoms with Gasteiger partial charge in [-0.3, -0.25) is 39.6 Å². The minimum absolute atomic E-state index is 0.0614. The van der Waals surface area contributed by atoms with Crippen molar-refractivity contribution >= 4 is 41.3 Å². The number of hydroxylamine groups is 6. The maximum atomic E-state index is 12.6. The first-order valence-electron chi connectivity index (χ1n) is 16.6. The standard InChI is InChI=1S/C32H53N7O9/c1-3-4-16-27(39(48)31(44)20-17-28(41)33-21-10-6-12-23-37(46)25(2)40)36-29(42)18-19-30(43)38(47)24-13-7-11-22-34-32(45)35-26-14-8-5-9-15-26/h5,8-9,14-15,27,46-48H,3-4,6-7,10-13,16-24H2,1-2H3,(H,33,41)(H,36,42)(H2,34,35,45). The van der Waals surface area contributed by atoms with Gasteiger partial charge in [0, 0.05) is 64.5 Å². The van der Waals surface area contributed by atoms with E-state index < -0.39 is 29.8 Å². The summed E-state index contributed by atoms with van der Waals surface area (Å²) in [5, 5.41) is 42.2. The Hall–Kier alpha value is -4.28. The second-order valence-corrected chi connectivity index (χ2v) is 11.3. The van der Waals surface area contributed by atoms with Gasteiger partial charge in [-0.05, 0) is 63.5 Å². The number of rotatable bonds is 24. The predicted octanol–water partition coefficient (Wildman–Crippen LogP) is 3.13. The Labute approximate surface area is 282 Å². The highest BCUT2D eigenvalue weighted by Crippen LogP contribution is 2.09. The van der Waals surface area contributed by atoms with Gasteiger partial charge in [0.05, 0.1) is 0 Å². The first-order valence-corrected chi connectivity index (χ1v) is 16.6. The van der Waals surface area contributed by atoms with Gasteiger partial charge in [0.2, 0.25) is 29.5 Å². The molecule has 0 aromatic heterocycles. The average molecular weight is 680 g/mol. The van der Waals surface area contributed by atoms with Crippen molar-refractivity contribution in [2.45, 2.75) is 103 Å². The molecule has 16 heteroatoms. The zero-order valence-corrected chi connectivity index (χ0v) is 28.1. The smallest absolute Gasteiger partial charge is 0.319 e. The molecular formula is C32H53N7O9. The molecule has 1 aromatic rings. The van der Waals surface area contributed by atoms with Crippen molar-refractivity contribution in [1.82, 2.24) is 31.1 Å². The largest absolute Gasteiger partial charge is 0.356 e. The van der Waals surface area contributed by atoms with Crippen molar-refractivity contribution in [3.05, 3.63) is 30.3 Å². The van der Waals surface area contributed by atoms with E-state index in [2.05, 4.69) is 21.3 Å².